The summed E-state index contributed by atoms with van der Waals surface area (Å²) >= 11 is 3.14. The van der Waals surface area contributed by atoms with Crippen molar-refractivity contribution in [2.45, 2.75) is 6.92 Å². The number of aromatic nitrogens is 1. The Morgan fingerprint density at radius 3 is 2.68 bits per heavy atom. The fraction of sp³-hybridized carbons (Fsp3) is 0.0769. The van der Waals surface area contributed by atoms with Crippen molar-refractivity contribution >= 4 is 27.5 Å². The number of H-pyrrole nitrogens is 1. The predicted octanol–water partition coefficient (Wildman–Crippen LogP) is 2.84. The van der Waals surface area contributed by atoms with Crippen LogP contribution in [0.1, 0.15) is 16.1 Å². The molecular weight excluding hydrogens is 315 g/mol. The number of carbonyl (C=O) groups excluding carboxylic acids is 1. The SMILES string of the molecule is Cc1ccc(C(=O)Nc2ccc(F)cc2Br)c(=O)[nH]1. The first kappa shape index (κ1) is 13.5. The highest BCUT2D eigenvalue weighted by atomic mass is 79.9. The number of anilines is 1. The molecule has 0 fully saturated rings. The van der Waals surface area contributed by atoms with Gasteiger partial charge in [-0.3, -0.25) is 9.59 Å². The molecule has 0 aliphatic rings. The van der Waals surface area contributed by atoms with Crippen LogP contribution in [0.3, 0.4) is 0 Å². The highest BCUT2D eigenvalue weighted by molar-refractivity contribution is 9.10. The second kappa shape index (κ2) is 5.36. The lowest BCUT2D eigenvalue weighted by molar-refractivity contribution is 0.102. The lowest BCUT2D eigenvalue weighted by Gasteiger charge is -2.07. The van der Waals surface area contributed by atoms with Gasteiger partial charge in [-0.15, -0.1) is 0 Å². The number of carbonyl (C=O) groups is 1. The lowest BCUT2D eigenvalue weighted by Crippen LogP contribution is -2.23. The summed E-state index contributed by atoms with van der Waals surface area (Å²) in [6.45, 7) is 1.72. The molecule has 0 atom stereocenters. The van der Waals surface area contributed by atoms with Crippen molar-refractivity contribution < 1.29 is 9.18 Å². The molecular formula is C13H10BrFN2O2. The third-order valence-corrected chi connectivity index (χ3v) is 3.14. The van der Waals surface area contributed by atoms with Crippen molar-refractivity contribution in [3.05, 3.63) is 62.2 Å². The predicted molar refractivity (Wildman–Crippen MR) is 73.9 cm³/mol. The molecule has 2 N–H and O–H groups in total. The summed E-state index contributed by atoms with van der Waals surface area (Å²) in [6, 6.07) is 6.95. The van der Waals surface area contributed by atoms with E-state index in [0.29, 0.717) is 15.9 Å². The number of aromatic amines is 1. The molecule has 0 aliphatic carbocycles. The fourth-order valence-electron chi connectivity index (χ4n) is 1.53. The van der Waals surface area contributed by atoms with Crippen LogP contribution in [0.5, 0.6) is 0 Å². The molecule has 0 radical (unpaired) electrons. The molecule has 0 saturated heterocycles. The van der Waals surface area contributed by atoms with Crippen molar-refractivity contribution in [2.24, 2.45) is 0 Å². The molecule has 2 rings (SSSR count). The van der Waals surface area contributed by atoms with Gasteiger partial charge in [-0.25, -0.2) is 4.39 Å². The summed E-state index contributed by atoms with van der Waals surface area (Å²) in [5, 5.41) is 2.54. The second-order valence-electron chi connectivity index (χ2n) is 3.96. The van der Waals surface area contributed by atoms with Gasteiger partial charge in [0.25, 0.3) is 11.5 Å². The van der Waals surface area contributed by atoms with Gasteiger partial charge in [0.1, 0.15) is 11.4 Å². The van der Waals surface area contributed by atoms with Crippen LogP contribution in [-0.4, -0.2) is 10.9 Å². The number of aryl methyl sites for hydroxylation is 1. The van der Waals surface area contributed by atoms with E-state index in [1.807, 2.05) is 0 Å². The molecule has 0 aliphatic heterocycles. The van der Waals surface area contributed by atoms with Crippen molar-refractivity contribution in [1.82, 2.24) is 4.98 Å². The molecule has 0 unspecified atom stereocenters. The average Bonchev–Trinajstić information content (AvgIpc) is 2.32. The first-order valence-electron chi connectivity index (χ1n) is 5.43. The molecule has 98 valence electrons. The maximum absolute atomic E-state index is 12.9. The average molecular weight is 325 g/mol. The number of rotatable bonds is 2. The molecule has 4 nitrogen and oxygen atoms in total. The maximum atomic E-state index is 12.9. The Morgan fingerprint density at radius 1 is 1.32 bits per heavy atom. The Bertz CT molecular complexity index is 697. The Labute approximate surface area is 116 Å². The van der Waals surface area contributed by atoms with Crippen molar-refractivity contribution in [3.63, 3.8) is 0 Å². The van der Waals surface area contributed by atoms with E-state index < -0.39 is 17.3 Å². The number of pyridine rings is 1. The van der Waals surface area contributed by atoms with Crippen LogP contribution < -0.4 is 10.9 Å². The third-order valence-electron chi connectivity index (χ3n) is 2.48. The fourth-order valence-corrected chi connectivity index (χ4v) is 1.98. The Hall–Kier alpha value is -1.95. The smallest absolute Gasteiger partial charge is 0.261 e. The molecule has 0 bridgehead atoms. The minimum absolute atomic E-state index is 0.00169. The van der Waals surface area contributed by atoms with Crippen LogP contribution in [0.4, 0.5) is 10.1 Å². The zero-order chi connectivity index (χ0) is 14.0. The first-order chi connectivity index (χ1) is 8.97. The zero-order valence-corrected chi connectivity index (χ0v) is 11.5. The van der Waals surface area contributed by atoms with Gasteiger partial charge in [0.15, 0.2) is 0 Å². The van der Waals surface area contributed by atoms with Gasteiger partial charge < -0.3 is 10.3 Å². The van der Waals surface area contributed by atoms with Gasteiger partial charge >= 0.3 is 0 Å². The molecule has 1 aromatic carbocycles. The van der Waals surface area contributed by atoms with E-state index in [1.54, 1.807) is 13.0 Å². The summed E-state index contributed by atoms with van der Waals surface area (Å²) in [7, 11) is 0. The Kier molecular flexibility index (Phi) is 3.80. The van der Waals surface area contributed by atoms with Gasteiger partial charge in [-0.05, 0) is 53.2 Å². The van der Waals surface area contributed by atoms with E-state index in [2.05, 4.69) is 26.2 Å². The molecule has 1 heterocycles. The van der Waals surface area contributed by atoms with Crippen LogP contribution in [-0.2, 0) is 0 Å². The second-order valence-corrected chi connectivity index (χ2v) is 4.82. The topological polar surface area (TPSA) is 62.0 Å². The molecule has 2 aromatic rings. The summed E-state index contributed by atoms with van der Waals surface area (Å²) in [5.74, 6) is -0.966. The van der Waals surface area contributed by atoms with Crippen LogP contribution >= 0.6 is 15.9 Å². The molecule has 0 spiro atoms. The molecule has 6 heteroatoms. The normalized spacial score (nSPS) is 10.3. The number of hydrogen-bond donors (Lipinski definition) is 2. The van der Waals surface area contributed by atoms with Crippen molar-refractivity contribution in [1.29, 1.82) is 0 Å². The number of benzene rings is 1. The Morgan fingerprint density at radius 2 is 2.05 bits per heavy atom. The Balaban J connectivity index is 2.28. The number of amides is 1. The number of hydrogen-bond acceptors (Lipinski definition) is 2. The van der Waals surface area contributed by atoms with Gasteiger partial charge in [-0.1, -0.05) is 0 Å². The van der Waals surface area contributed by atoms with Crippen LogP contribution in [0, 0.1) is 12.7 Å². The van der Waals surface area contributed by atoms with E-state index in [-0.39, 0.29) is 5.56 Å². The van der Waals surface area contributed by atoms with E-state index >= 15 is 0 Å². The van der Waals surface area contributed by atoms with Crippen LogP contribution in [0.25, 0.3) is 0 Å². The van der Waals surface area contributed by atoms with Gasteiger partial charge in [0.05, 0.1) is 5.69 Å². The van der Waals surface area contributed by atoms with Gasteiger partial charge in [0, 0.05) is 10.2 Å². The molecule has 1 amide bonds. The van der Waals surface area contributed by atoms with Gasteiger partial charge in [0.2, 0.25) is 0 Å². The molecule has 0 saturated carbocycles. The maximum Gasteiger partial charge on any atom is 0.261 e. The van der Waals surface area contributed by atoms with Crippen LogP contribution in [0.15, 0.2) is 39.6 Å². The summed E-state index contributed by atoms with van der Waals surface area (Å²) in [5.41, 5.74) is 0.605. The monoisotopic (exact) mass is 324 g/mol. The number of halogens is 2. The van der Waals surface area contributed by atoms with Crippen molar-refractivity contribution in [3.8, 4) is 0 Å². The van der Waals surface area contributed by atoms with Crippen molar-refractivity contribution in [2.75, 3.05) is 5.32 Å². The van der Waals surface area contributed by atoms with Crippen LogP contribution in [0.2, 0.25) is 0 Å². The minimum Gasteiger partial charge on any atom is -0.326 e. The largest absolute Gasteiger partial charge is 0.326 e. The highest BCUT2D eigenvalue weighted by Gasteiger charge is 2.12. The standard InChI is InChI=1S/C13H10BrFN2O2/c1-7-2-4-9(12(18)16-7)13(19)17-11-5-3-8(15)6-10(11)14/h2-6H,1H3,(H,16,18)(H,17,19). The summed E-state index contributed by atoms with van der Waals surface area (Å²) < 4.78 is 13.3. The summed E-state index contributed by atoms with van der Waals surface area (Å²) in [4.78, 5) is 26.1. The minimum atomic E-state index is -0.548. The van der Waals surface area contributed by atoms with E-state index in [1.165, 1.54) is 24.3 Å². The van der Waals surface area contributed by atoms with E-state index in [0.717, 1.165) is 0 Å². The number of nitrogens with one attached hydrogen (secondary N) is 2. The first-order valence-corrected chi connectivity index (χ1v) is 6.23. The lowest BCUT2D eigenvalue weighted by atomic mass is 10.2. The van der Waals surface area contributed by atoms with Gasteiger partial charge in [-0.2, -0.15) is 0 Å². The van der Waals surface area contributed by atoms with E-state index in [4.69, 9.17) is 0 Å². The highest BCUT2D eigenvalue weighted by Crippen LogP contribution is 2.23. The third kappa shape index (κ3) is 3.08. The van der Waals surface area contributed by atoms with E-state index in [9.17, 15) is 14.0 Å². The molecule has 19 heavy (non-hydrogen) atoms. The zero-order valence-electron chi connectivity index (χ0n) is 9.96. The molecule has 1 aromatic heterocycles. The summed E-state index contributed by atoms with van der Waals surface area (Å²) in [6.07, 6.45) is 0. The quantitative estimate of drug-likeness (QED) is 0.892.